The molecular formula is C17H17N5O2. The number of oxazole rings is 1. The summed E-state index contributed by atoms with van der Waals surface area (Å²) in [5.74, 6) is 1.95. The first-order valence-electron chi connectivity index (χ1n) is 7.92. The summed E-state index contributed by atoms with van der Waals surface area (Å²) >= 11 is 0. The highest BCUT2D eigenvalue weighted by Crippen LogP contribution is 2.23. The molecule has 1 N–H and O–H groups in total. The van der Waals surface area contributed by atoms with Gasteiger partial charge in [0.25, 0.3) is 5.91 Å². The normalized spacial score (nSPS) is 13.0. The number of rotatable bonds is 4. The van der Waals surface area contributed by atoms with Gasteiger partial charge in [-0.05, 0) is 13.3 Å². The second-order valence-electron chi connectivity index (χ2n) is 5.87. The van der Waals surface area contributed by atoms with Crippen molar-refractivity contribution < 1.29 is 9.21 Å². The number of nitrogens with one attached hydrogen (secondary N) is 1. The number of carbonyl (C=O) groups is 1. The van der Waals surface area contributed by atoms with Gasteiger partial charge in [0.1, 0.15) is 5.82 Å². The number of fused-ring (bicyclic) bond motifs is 1. The van der Waals surface area contributed by atoms with E-state index in [1.54, 1.807) is 0 Å². The van der Waals surface area contributed by atoms with E-state index in [4.69, 9.17) is 4.42 Å². The summed E-state index contributed by atoms with van der Waals surface area (Å²) in [4.78, 5) is 16.5. The maximum absolute atomic E-state index is 12.5. The summed E-state index contributed by atoms with van der Waals surface area (Å²) < 4.78 is 7.48. The number of carbonyl (C=O) groups excluding carboxylic acids is 1. The fraction of sp³-hybridized carbons (Fsp3) is 0.294. The van der Waals surface area contributed by atoms with Gasteiger partial charge in [-0.2, -0.15) is 0 Å². The molecule has 7 nitrogen and oxygen atoms in total. The number of aromatic nitrogens is 4. The minimum atomic E-state index is -0.283. The zero-order chi connectivity index (χ0) is 16.5. The van der Waals surface area contributed by atoms with Crippen LogP contribution >= 0.6 is 0 Å². The van der Waals surface area contributed by atoms with Crippen LogP contribution < -0.4 is 5.32 Å². The van der Waals surface area contributed by atoms with Crippen molar-refractivity contribution in [2.75, 3.05) is 0 Å². The Morgan fingerprint density at radius 1 is 1.29 bits per heavy atom. The maximum atomic E-state index is 12.5. The molecule has 1 aliphatic heterocycles. The van der Waals surface area contributed by atoms with Crippen molar-refractivity contribution in [1.82, 2.24) is 25.1 Å². The van der Waals surface area contributed by atoms with E-state index in [9.17, 15) is 4.79 Å². The average Bonchev–Trinajstić information content (AvgIpc) is 3.30. The molecule has 0 aliphatic carbocycles. The molecule has 0 fully saturated rings. The van der Waals surface area contributed by atoms with Crippen LogP contribution in [0.4, 0.5) is 0 Å². The fourth-order valence-electron chi connectivity index (χ4n) is 2.90. The minimum absolute atomic E-state index is 0.278. The lowest BCUT2D eigenvalue weighted by Crippen LogP contribution is -2.25. The zero-order valence-electron chi connectivity index (χ0n) is 13.3. The summed E-state index contributed by atoms with van der Waals surface area (Å²) in [5, 5.41) is 11.1. The smallest absolute Gasteiger partial charge is 0.274 e. The predicted octanol–water partition coefficient (Wildman–Crippen LogP) is 2.12. The van der Waals surface area contributed by atoms with Crippen LogP contribution in [0.1, 0.15) is 34.1 Å². The number of hydrogen-bond acceptors (Lipinski definition) is 5. The predicted molar refractivity (Wildman–Crippen MR) is 86.2 cm³/mol. The molecule has 2 aromatic heterocycles. The first kappa shape index (κ1) is 14.6. The standard InChI is InChI=1S/C17H17N5O2/c1-11-4-6-12(7-5-11)16-15(19-10-24-16)17(23)18-9-14-21-20-13-3-2-8-22(13)14/h4-7,10H,2-3,8-9H2,1H3,(H,18,23). The molecule has 3 aromatic rings. The van der Waals surface area contributed by atoms with E-state index in [0.717, 1.165) is 42.2 Å². The monoisotopic (exact) mass is 323 g/mol. The summed E-state index contributed by atoms with van der Waals surface area (Å²) in [5.41, 5.74) is 2.25. The lowest BCUT2D eigenvalue weighted by atomic mass is 10.1. The summed E-state index contributed by atoms with van der Waals surface area (Å²) in [6, 6.07) is 7.77. The molecule has 1 amide bonds. The molecule has 0 radical (unpaired) electrons. The van der Waals surface area contributed by atoms with Gasteiger partial charge >= 0.3 is 0 Å². The molecule has 1 aliphatic rings. The molecule has 4 rings (SSSR count). The van der Waals surface area contributed by atoms with Crippen molar-refractivity contribution in [1.29, 1.82) is 0 Å². The number of benzene rings is 1. The van der Waals surface area contributed by atoms with E-state index < -0.39 is 0 Å². The van der Waals surface area contributed by atoms with Gasteiger partial charge in [0.15, 0.2) is 23.7 Å². The van der Waals surface area contributed by atoms with E-state index in [0.29, 0.717) is 12.3 Å². The third-order valence-corrected chi connectivity index (χ3v) is 4.19. The van der Waals surface area contributed by atoms with E-state index >= 15 is 0 Å². The Balaban J connectivity index is 1.51. The Morgan fingerprint density at radius 3 is 2.96 bits per heavy atom. The Labute approximate surface area is 138 Å². The summed E-state index contributed by atoms with van der Waals surface area (Å²) in [7, 11) is 0. The van der Waals surface area contributed by atoms with E-state index in [1.165, 1.54) is 6.39 Å². The maximum Gasteiger partial charge on any atom is 0.274 e. The van der Waals surface area contributed by atoms with Crippen LogP contribution in [0.5, 0.6) is 0 Å². The number of nitrogens with zero attached hydrogens (tertiary/aromatic N) is 4. The van der Waals surface area contributed by atoms with Gasteiger partial charge in [0.2, 0.25) is 0 Å². The first-order chi connectivity index (χ1) is 11.7. The molecule has 7 heteroatoms. The highest BCUT2D eigenvalue weighted by Gasteiger charge is 2.21. The molecule has 24 heavy (non-hydrogen) atoms. The van der Waals surface area contributed by atoms with E-state index in [1.807, 2.05) is 31.2 Å². The third-order valence-electron chi connectivity index (χ3n) is 4.19. The number of amides is 1. The van der Waals surface area contributed by atoms with E-state index in [2.05, 4.69) is 25.1 Å². The van der Waals surface area contributed by atoms with Crippen LogP contribution in [-0.4, -0.2) is 25.7 Å². The second kappa shape index (κ2) is 5.92. The highest BCUT2D eigenvalue weighted by atomic mass is 16.3. The van der Waals surface area contributed by atoms with Crippen molar-refractivity contribution in [3.8, 4) is 11.3 Å². The minimum Gasteiger partial charge on any atom is -0.443 e. The van der Waals surface area contributed by atoms with Gasteiger partial charge < -0.3 is 14.3 Å². The van der Waals surface area contributed by atoms with Crippen LogP contribution in [0.3, 0.4) is 0 Å². The molecule has 3 heterocycles. The Hall–Kier alpha value is -2.96. The van der Waals surface area contributed by atoms with E-state index in [-0.39, 0.29) is 11.6 Å². The summed E-state index contributed by atoms with van der Waals surface area (Å²) in [6.07, 6.45) is 3.31. The van der Waals surface area contributed by atoms with Gasteiger partial charge in [-0.15, -0.1) is 10.2 Å². The van der Waals surface area contributed by atoms with Crippen molar-refractivity contribution in [2.24, 2.45) is 0 Å². The lowest BCUT2D eigenvalue weighted by molar-refractivity contribution is 0.0945. The largest absolute Gasteiger partial charge is 0.443 e. The zero-order valence-corrected chi connectivity index (χ0v) is 13.3. The second-order valence-corrected chi connectivity index (χ2v) is 5.87. The van der Waals surface area contributed by atoms with Crippen molar-refractivity contribution >= 4 is 5.91 Å². The molecule has 122 valence electrons. The molecule has 0 saturated heterocycles. The number of hydrogen-bond donors (Lipinski definition) is 1. The highest BCUT2D eigenvalue weighted by molar-refractivity contribution is 5.97. The lowest BCUT2D eigenvalue weighted by Gasteiger charge is -2.05. The first-order valence-corrected chi connectivity index (χ1v) is 7.92. The van der Waals surface area contributed by atoms with Crippen molar-refractivity contribution in [3.05, 3.63) is 53.6 Å². The van der Waals surface area contributed by atoms with Crippen molar-refractivity contribution in [3.63, 3.8) is 0 Å². The molecule has 0 bridgehead atoms. The average molecular weight is 323 g/mol. The van der Waals surface area contributed by atoms with Crippen LogP contribution in [0.25, 0.3) is 11.3 Å². The third kappa shape index (κ3) is 2.58. The Kier molecular flexibility index (Phi) is 3.60. The molecule has 0 unspecified atom stereocenters. The molecule has 1 aromatic carbocycles. The van der Waals surface area contributed by atoms with Gasteiger partial charge in [0, 0.05) is 18.5 Å². The Morgan fingerprint density at radius 2 is 2.12 bits per heavy atom. The van der Waals surface area contributed by atoms with Crippen LogP contribution in [-0.2, 0) is 19.5 Å². The SMILES string of the molecule is Cc1ccc(-c2ocnc2C(=O)NCc2nnc3n2CCC3)cc1. The molecule has 0 atom stereocenters. The van der Waals surface area contributed by atoms with Crippen LogP contribution in [0.15, 0.2) is 35.1 Å². The fourth-order valence-corrected chi connectivity index (χ4v) is 2.90. The quantitative estimate of drug-likeness (QED) is 0.795. The summed E-state index contributed by atoms with van der Waals surface area (Å²) in [6.45, 7) is 3.24. The van der Waals surface area contributed by atoms with Crippen LogP contribution in [0.2, 0.25) is 0 Å². The molecule has 0 saturated carbocycles. The van der Waals surface area contributed by atoms with Gasteiger partial charge in [-0.3, -0.25) is 4.79 Å². The topological polar surface area (TPSA) is 85.8 Å². The van der Waals surface area contributed by atoms with Gasteiger partial charge in [0.05, 0.1) is 6.54 Å². The molecule has 0 spiro atoms. The molecular weight excluding hydrogens is 306 g/mol. The van der Waals surface area contributed by atoms with Gasteiger partial charge in [-0.1, -0.05) is 29.8 Å². The van der Waals surface area contributed by atoms with Crippen molar-refractivity contribution in [2.45, 2.75) is 32.9 Å². The number of aryl methyl sites for hydroxylation is 2. The van der Waals surface area contributed by atoms with Crippen LogP contribution in [0, 0.1) is 6.92 Å². The van der Waals surface area contributed by atoms with Gasteiger partial charge in [-0.25, -0.2) is 4.98 Å². The Bertz CT molecular complexity index is 879.